The monoisotopic (exact) mass is 227 g/mol. The van der Waals surface area contributed by atoms with Crippen LogP contribution in [0, 0.1) is 5.92 Å². The third-order valence-corrected chi connectivity index (χ3v) is 3.92. The third-order valence-electron chi connectivity index (χ3n) is 3.92. The lowest BCUT2D eigenvalue weighted by molar-refractivity contribution is 0.208. The summed E-state index contributed by atoms with van der Waals surface area (Å²) in [5.74, 6) is 0.674. The molecule has 1 aliphatic heterocycles. The Morgan fingerprint density at radius 1 is 1.38 bits per heavy atom. The highest BCUT2D eigenvalue weighted by Gasteiger charge is 2.25. The molecule has 2 unspecified atom stereocenters. The van der Waals surface area contributed by atoms with Crippen molar-refractivity contribution in [2.75, 3.05) is 39.3 Å². The molecule has 2 N–H and O–H groups in total. The standard InChI is InChI=1S/C13H29N3/c1-4-16(5-2)13-7-9-15(11-13)8-6-12(3)10-14/h12-13H,4-11,14H2,1-3H3. The van der Waals surface area contributed by atoms with E-state index in [1.807, 2.05) is 0 Å². The molecule has 0 bridgehead atoms. The first-order valence-corrected chi connectivity index (χ1v) is 6.87. The Bertz CT molecular complexity index is 180. The van der Waals surface area contributed by atoms with E-state index in [0.29, 0.717) is 5.92 Å². The molecule has 96 valence electrons. The molecular formula is C13H29N3. The van der Waals surface area contributed by atoms with E-state index in [1.165, 1.54) is 45.6 Å². The van der Waals surface area contributed by atoms with Crippen LogP contribution in [0.1, 0.15) is 33.6 Å². The maximum Gasteiger partial charge on any atom is 0.0235 e. The minimum absolute atomic E-state index is 0.674. The second-order valence-electron chi connectivity index (χ2n) is 5.09. The Labute approximate surface area is 101 Å². The van der Waals surface area contributed by atoms with E-state index in [9.17, 15) is 0 Å². The van der Waals surface area contributed by atoms with Crippen LogP contribution < -0.4 is 5.73 Å². The Morgan fingerprint density at radius 2 is 2.06 bits per heavy atom. The van der Waals surface area contributed by atoms with Crippen LogP contribution in [0.3, 0.4) is 0 Å². The van der Waals surface area contributed by atoms with Gasteiger partial charge in [-0.1, -0.05) is 20.8 Å². The topological polar surface area (TPSA) is 32.5 Å². The average Bonchev–Trinajstić information content (AvgIpc) is 2.76. The Kier molecular flexibility index (Phi) is 6.32. The molecule has 0 aromatic heterocycles. The molecule has 1 heterocycles. The molecule has 1 saturated heterocycles. The summed E-state index contributed by atoms with van der Waals surface area (Å²) in [7, 11) is 0. The molecule has 0 amide bonds. The largest absolute Gasteiger partial charge is 0.330 e. The van der Waals surface area contributed by atoms with Crippen LogP contribution in [0.25, 0.3) is 0 Å². The van der Waals surface area contributed by atoms with Crippen molar-refractivity contribution in [3.63, 3.8) is 0 Å². The number of likely N-dealkylation sites (N-methyl/N-ethyl adjacent to an activating group) is 1. The Balaban J connectivity index is 2.24. The van der Waals surface area contributed by atoms with Crippen molar-refractivity contribution >= 4 is 0 Å². The van der Waals surface area contributed by atoms with Gasteiger partial charge in [-0.2, -0.15) is 0 Å². The van der Waals surface area contributed by atoms with Gasteiger partial charge in [-0.3, -0.25) is 4.90 Å². The molecule has 16 heavy (non-hydrogen) atoms. The fraction of sp³-hybridized carbons (Fsp3) is 1.00. The second-order valence-corrected chi connectivity index (χ2v) is 5.09. The van der Waals surface area contributed by atoms with E-state index in [0.717, 1.165) is 12.6 Å². The summed E-state index contributed by atoms with van der Waals surface area (Å²) in [6.45, 7) is 13.8. The van der Waals surface area contributed by atoms with Gasteiger partial charge >= 0.3 is 0 Å². The summed E-state index contributed by atoms with van der Waals surface area (Å²) >= 11 is 0. The average molecular weight is 227 g/mol. The Hall–Kier alpha value is -0.120. The van der Waals surface area contributed by atoms with Gasteiger partial charge in [0.25, 0.3) is 0 Å². The molecule has 0 spiro atoms. The third kappa shape index (κ3) is 4.04. The summed E-state index contributed by atoms with van der Waals surface area (Å²) < 4.78 is 0. The SMILES string of the molecule is CCN(CC)C1CCN(CCC(C)CN)C1. The number of nitrogens with zero attached hydrogens (tertiary/aromatic N) is 2. The second kappa shape index (κ2) is 7.25. The zero-order valence-electron chi connectivity index (χ0n) is 11.3. The minimum atomic E-state index is 0.674. The fourth-order valence-electron chi connectivity index (χ4n) is 2.57. The number of likely N-dealkylation sites (tertiary alicyclic amines) is 1. The van der Waals surface area contributed by atoms with E-state index in [1.54, 1.807) is 0 Å². The normalized spacial score (nSPS) is 24.2. The number of rotatable bonds is 7. The van der Waals surface area contributed by atoms with Gasteiger partial charge in [-0.25, -0.2) is 0 Å². The van der Waals surface area contributed by atoms with Gasteiger partial charge in [0.15, 0.2) is 0 Å². The van der Waals surface area contributed by atoms with E-state index in [4.69, 9.17) is 5.73 Å². The van der Waals surface area contributed by atoms with Crippen molar-refractivity contribution in [3.8, 4) is 0 Å². The lowest BCUT2D eigenvalue weighted by Crippen LogP contribution is -2.37. The van der Waals surface area contributed by atoms with Crippen molar-refractivity contribution in [2.24, 2.45) is 11.7 Å². The molecule has 3 nitrogen and oxygen atoms in total. The van der Waals surface area contributed by atoms with Crippen LogP contribution in [-0.4, -0.2) is 55.1 Å². The highest BCUT2D eigenvalue weighted by Crippen LogP contribution is 2.16. The molecule has 2 atom stereocenters. The van der Waals surface area contributed by atoms with Crippen LogP contribution in [0.5, 0.6) is 0 Å². The van der Waals surface area contributed by atoms with Crippen LogP contribution in [-0.2, 0) is 0 Å². The van der Waals surface area contributed by atoms with Crippen LogP contribution >= 0.6 is 0 Å². The van der Waals surface area contributed by atoms with Gasteiger partial charge < -0.3 is 10.6 Å². The molecule has 1 aliphatic rings. The summed E-state index contributed by atoms with van der Waals surface area (Å²) in [5.41, 5.74) is 5.65. The van der Waals surface area contributed by atoms with Crippen molar-refractivity contribution in [1.82, 2.24) is 9.80 Å². The van der Waals surface area contributed by atoms with E-state index in [2.05, 4.69) is 30.6 Å². The maximum absolute atomic E-state index is 5.65. The van der Waals surface area contributed by atoms with Gasteiger partial charge in [0.2, 0.25) is 0 Å². The molecule has 1 fully saturated rings. The molecule has 0 radical (unpaired) electrons. The first-order chi connectivity index (χ1) is 7.71. The van der Waals surface area contributed by atoms with E-state index < -0.39 is 0 Å². The Morgan fingerprint density at radius 3 is 2.62 bits per heavy atom. The molecule has 0 aromatic carbocycles. The van der Waals surface area contributed by atoms with Crippen LogP contribution in [0.15, 0.2) is 0 Å². The predicted molar refractivity (Wildman–Crippen MR) is 70.6 cm³/mol. The van der Waals surface area contributed by atoms with Crippen molar-refractivity contribution in [3.05, 3.63) is 0 Å². The molecule has 0 aromatic rings. The van der Waals surface area contributed by atoms with Crippen molar-refractivity contribution < 1.29 is 0 Å². The first-order valence-electron chi connectivity index (χ1n) is 6.87. The van der Waals surface area contributed by atoms with Gasteiger partial charge in [-0.05, 0) is 51.5 Å². The van der Waals surface area contributed by atoms with Crippen molar-refractivity contribution in [2.45, 2.75) is 39.7 Å². The lowest BCUT2D eigenvalue weighted by atomic mass is 10.1. The lowest BCUT2D eigenvalue weighted by Gasteiger charge is -2.26. The van der Waals surface area contributed by atoms with Gasteiger partial charge in [0.05, 0.1) is 0 Å². The predicted octanol–water partition coefficient (Wildman–Crippen LogP) is 1.39. The molecule has 0 aliphatic carbocycles. The summed E-state index contributed by atoms with van der Waals surface area (Å²) in [6, 6.07) is 0.795. The first kappa shape index (κ1) is 13.9. The molecule has 1 rings (SSSR count). The zero-order valence-corrected chi connectivity index (χ0v) is 11.3. The molecule has 3 heteroatoms. The van der Waals surface area contributed by atoms with Gasteiger partial charge in [0, 0.05) is 12.6 Å². The van der Waals surface area contributed by atoms with E-state index >= 15 is 0 Å². The van der Waals surface area contributed by atoms with Gasteiger partial charge in [-0.15, -0.1) is 0 Å². The number of hydrogen-bond donors (Lipinski definition) is 1. The fourth-order valence-corrected chi connectivity index (χ4v) is 2.57. The zero-order chi connectivity index (χ0) is 12.0. The highest BCUT2D eigenvalue weighted by molar-refractivity contribution is 4.82. The van der Waals surface area contributed by atoms with Crippen LogP contribution in [0.2, 0.25) is 0 Å². The van der Waals surface area contributed by atoms with E-state index in [-0.39, 0.29) is 0 Å². The highest BCUT2D eigenvalue weighted by atomic mass is 15.2. The maximum atomic E-state index is 5.65. The quantitative estimate of drug-likeness (QED) is 0.713. The summed E-state index contributed by atoms with van der Waals surface area (Å²) in [4.78, 5) is 5.20. The minimum Gasteiger partial charge on any atom is -0.330 e. The van der Waals surface area contributed by atoms with Gasteiger partial charge in [0.1, 0.15) is 0 Å². The number of nitrogens with two attached hydrogens (primary N) is 1. The molecular weight excluding hydrogens is 198 g/mol. The van der Waals surface area contributed by atoms with Crippen molar-refractivity contribution in [1.29, 1.82) is 0 Å². The summed E-state index contributed by atoms with van der Waals surface area (Å²) in [6.07, 6.45) is 2.60. The summed E-state index contributed by atoms with van der Waals surface area (Å²) in [5, 5.41) is 0. The van der Waals surface area contributed by atoms with Crippen LogP contribution in [0.4, 0.5) is 0 Å². The molecule has 0 saturated carbocycles. The number of hydrogen-bond acceptors (Lipinski definition) is 3. The smallest absolute Gasteiger partial charge is 0.0235 e.